The summed E-state index contributed by atoms with van der Waals surface area (Å²) in [4.78, 5) is 22.8. The molecule has 116 valence electrons. The van der Waals surface area contributed by atoms with Crippen LogP contribution in [0.1, 0.15) is 22.2 Å². The molecule has 0 aromatic carbocycles. The first-order valence-corrected chi connectivity index (χ1v) is 7.07. The number of aryl methyl sites for hydroxylation is 1. The zero-order valence-corrected chi connectivity index (χ0v) is 12.6. The molecule has 2 aromatic rings. The van der Waals surface area contributed by atoms with Crippen molar-refractivity contribution in [3.8, 4) is 0 Å². The van der Waals surface area contributed by atoms with Gasteiger partial charge < -0.3 is 15.0 Å². The number of carbonyl (C=O) groups is 1. The molecular weight excluding hydrogens is 284 g/mol. The molecule has 0 radical (unpaired) electrons. The minimum absolute atomic E-state index is 0.0451. The summed E-state index contributed by atoms with van der Waals surface area (Å²) in [5.41, 5.74) is 1.30. The van der Waals surface area contributed by atoms with Crippen molar-refractivity contribution < 1.29 is 9.53 Å². The van der Waals surface area contributed by atoms with E-state index in [0.29, 0.717) is 36.8 Å². The third kappa shape index (κ3) is 2.77. The number of hydrogen-bond acceptors (Lipinski definition) is 6. The molecule has 8 nitrogen and oxygen atoms in total. The Morgan fingerprint density at radius 2 is 2.23 bits per heavy atom. The smallest absolute Gasteiger partial charge is 0.257 e. The van der Waals surface area contributed by atoms with Gasteiger partial charge in [-0.2, -0.15) is 5.10 Å². The van der Waals surface area contributed by atoms with Gasteiger partial charge in [-0.15, -0.1) is 0 Å². The van der Waals surface area contributed by atoms with Crippen molar-refractivity contribution >= 4 is 11.7 Å². The van der Waals surface area contributed by atoms with E-state index in [9.17, 15) is 4.79 Å². The highest BCUT2D eigenvalue weighted by Gasteiger charge is 2.29. The van der Waals surface area contributed by atoms with Crippen molar-refractivity contribution in [2.75, 3.05) is 32.1 Å². The molecule has 0 bridgehead atoms. The van der Waals surface area contributed by atoms with Crippen molar-refractivity contribution in [3.63, 3.8) is 0 Å². The van der Waals surface area contributed by atoms with E-state index in [-0.39, 0.29) is 12.0 Å². The molecule has 0 unspecified atom stereocenters. The number of nitrogens with one attached hydrogen (secondary N) is 1. The molecule has 3 heterocycles. The molecule has 0 spiro atoms. The number of carbonyl (C=O) groups excluding carboxylic acids is 1. The molecule has 0 saturated carbocycles. The fraction of sp³-hybridized carbons (Fsp3) is 0.429. The number of hydrogen-bond donors (Lipinski definition) is 1. The van der Waals surface area contributed by atoms with Crippen LogP contribution in [0, 0.1) is 0 Å². The third-order valence-corrected chi connectivity index (χ3v) is 3.57. The maximum atomic E-state index is 12.5. The lowest BCUT2D eigenvalue weighted by Crippen LogP contribution is -2.42. The van der Waals surface area contributed by atoms with E-state index < -0.39 is 0 Å². The fourth-order valence-corrected chi connectivity index (χ4v) is 2.49. The van der Waals surface area contributed by atoms with Gasteiger partial charge in [0.1, 0.15) is 17.6 Å². The van der Waals surface area contributed by atoms with Crippen LogP contribution < -0.4 is 5.32 Å². The lowest BCUT2D eigenvalue weighted by atomic mass is 10.1. The molecule has 1 aliphatic rings. The van der Waals surface area contributed by atoms with Crippen LogP contribution in [0.4, 0.5) is 5.82 Å². The number of rotatable bonds is 3. The lowest BCUT2D eigenvalue weighted by Gasteiger charge is -2.32. The Bertz CT molecular complexity index is 671. The molecule has 1 amide bonds. The summed E-state index contributed by atoms with van der Waals surface area (Å²) >= 11 is 0. The second-order valence-corrected chi connectivity index (χ2v) is 5.05. The van der Waals surface area contributed by atoms with Crippen molar-refractivity contribution in [2.24, 2.45) is 7.05 Å². The zero-order chi connectivity index (χ0) is 15.5. The summed E-state index contributed by atoms with van der Waals surface area (Å²) in [5.74, 6) is 0.625. The second kappa shape index (κ2) is 6.10. The molecule has 2 aromatic heterocycles. The van der Waals surface area contributed by atoms with Crippen molar-refractivity contribution in [1.29, 1.82) is 0 Å². The van der Waals surface area contributed by atoms with Gasteiger partial charge in [0.05, 0.1) is 24.9 Å². The standard InChI is InChI=1S/C14H18N6O2/c1-15-13-12(16-3-4-17-13)11-9-20(5-6-22-11)14(21)10-7-18-19(2)8-10/h3-4,7-8,11H,5-6,9H2,1-2H3,(H,15,17)/t11-/m1/s1. The van der Waals surface area contributed by atoms with Gasteiger partial charge >= 0.3 is 0 Å². The fourth-order valence-electron chi connectivity index (χ4n) is 2.49. The average molecular weight is 302 g/mol. The third-order valence-electron chi connectivity index (χ3n) is 3.57. The maximum Gasteiger partial charge on any atom is 0.257 e. The summed E-state index contributed by atoms with van der Waals surface area (Å²) < 4.78 is 7.39. The van der Waals surface area contributed by atoms with Crippen LogP contribution in [0.3, 0.4) is 0 Å². The topological polar surface area (TPSA) is 85.2 Å². The number of morpholine rings is 1. The van der Waals surface area contributed by atoms with Gasteiger partial charge in [0.2, 0.25) is 0 Å². The Morgan fingerprint density at radius 1 is 1.41 bits per heavy atom. The van der Waals surface area contributed by atoms with Crippen LogP contribution in [-0.4, -0.2) is 57.3 Å². The molecule has 3 rings (SSSR count). The van der Waals surface area contributed by atoms with Gasteiger partial charge in [-0.05, 0) is 0 Å². The molecule has 0 aliphatic carbocycles. The van der Waals surface area contributed by atoms with Crippen molar-refractivity contribution in [3.05, 3.63) is 36.0 Å². The maximum absolute atomic E-state index is 12.5. The molecule has 1 aliphatic heterocycles. The Balaban J connectivity index is 1.78. The number of amides is 1. The molecule has 1 fully saturated rings. The Labute approximate surface area is 128 Å². The number of ether oxygens (including phenoxy) is 1. The van der Waals surface area contributed by atoms with Crippen LogP contribution in [0.5, 0.6) is 0 Å². The van der Waals surface area contributed by atoms with Gasteiger partial charge in [-0.1, -0.05) is 0 Å². The van der Waals surface area contributed by atoms with E-state index in [4.69, 9.17) is 4.74 Å². The Hall–Kier alpha value is -2.48. The number of nitrogens with zero attached hydrogens (tertiary/aromatic N) is 5. The molecule has 22 heavy (non-hydrogen) atoms. The van der Waals surface area contributed by atoms with Gasteiger partial charge in [0, 0.05) is 39.2 Å². The first-order valence-electron chi connectivity index (χ1n) is 7.07. The minimum atomic E-state index is -0.287. The van der Waals surface area contributed by atoms with Crippen LogP contribution in [0.25, 0.3) is 0 Å². The summed E-state index contributed by atoms with van der Waals surface area (Å²) in [5, 5.41) is 7.04. The highest BCUT2D eigenvalue weighted by atomic mass is 16.5. The van der Waals surface area contributed by atoms with E-state index in [1.165, 1.54) is 0 Å². The SMILES string of the molecule is CNc1nccnc1[C@H]1CN(C(=O)c2cnn(C)c2)CCO1. The van der Waals surface area contributed by atoms with Gasteiger partial charge in [-0.25, -0.2) is 4.98 Å². The van der Waals surface area contributed by atoms with E-state index in [1.54, 1.807) is 48.5 Å². The highest BCUT2D eigenvalue weighted by Crippen LogP contribution is 2.25. The van der Waals surface area contributed by atoms with Gasteiger partial charge in [0.25, 0.3) is 5.91 Å². The predicted molar refractivity (Wildman–Crippen MR) is 79.4 cm³/mol. The van der Waals surface area contributed by atoms with Crippen LogP contribution >= 0.6 is 0 Å². The van der Waals surface area contributed by atoms with Crippen LogP contribution in [0.15, 0.2) is 24.8 Å². The van der Waals surface area contributed by atoms with Crippen LogP contribution in [0.2, 0.25) is 0 Å². The number of anilines is 1. The molecule has 1 N–H and O–H groups in total. The van der Waals surface area contributed by atoms with E-state index >= 15 is 0 Å². The predicted octanol–water partition coefficient (Wildman–Crippen LogP) is 0.465. The normalized spacial score (nSPS) is 18.3. The van der Waals surface area contributed by atoms with E-state index in [2.05, 4.69) is 20.4 Å². The summed E-state index contributed by atoms with van der Waals surface area (Å²) in [6.07, 6.45) is 6.26. The van der Waals surface area contributed by atoms with E-state index in [0.717, 1.165) is 0 Å². The van der Waals surface area contributed by atoms with Crippen LogP contribution in [-0.2, 0) is 11.8 Å². The average Bonchev–Trinajstić information content (AvgIpc) is 3.00. The lowest BCUT2D eigenvalue weighted by molar-refractivity contribution is -0.0245. The number of aromatic nitrogens is 4. The second-order valence-electron chi connectivity index (χ2n) is 5.05. The van der Waals surface area contributed by atoms with Gasteiger partial charge in [0.15, 0.2) is 0 Å². The summed E-state index contributed by atoms with van der Waals surface area (Å²) in [6, 6.07) is 0. The largest absolute Gasteiger partial charge is 0.372 e. The Kier molecular flexibility index (Phi) is 4.01. The molecule has 1 saturated heterocycles. The molecular formula is C14H18N6O2. The summed E-state index contributed by atoms with van der Waals surface area (Å²) in [7, 11) is 3.58. The van der Waals surface area contributed by atoms with E-state index in [1.807, 2.05) is 0 Å². The minimum Gasteiger partial charge on any atom is -0.372 e. The highest BCUT2D eigenvalue weighted by molar-refractivity contribution is 5.93. The first-order chi connectivity index (χ1) is 10.7. The zero-order valence-electron chi connectivity index (χ0n) is 12.6. The quantitative estimate of drug-likeness (QED) is 0.887. The Morgan fingerprint density at radius 3 is 2.95 bits per heavy atom. The monoisotopic (exact) mass is 302 g/mol. The van der Waals surface area contributed by atoms with Crippen molar-refractivity contribution in [2.45, 2.75) is 6.10 Å². The van der Waals surface area contributed by atoms with Crippen molar-refractivity contribution in [1.82, 2.24) is 24.6 Å². The molecule has 1 atom stereocenters. The summed E-state index contributed by atoms with van der Waals surface area (Å²) in [6.45, 7) is 1.47. The molecule has 8 heteroatoms. The van der Waals surface area contributed by atoms with Gasteiger partial charge in [-0.3, -0.25) is 14.5 Å². The first kappa shape index (κ1) is 14.5.